The number of para-hydroxylation sites is 1. The minimum atomic E-state index is -0.186. The van der Waals surface area contributed by atoms with Crippen LogP contribution in [0.25, 0.3) is 0 Å². The number of ether oxygens (including phenoxy) is 1. The molecule has 0 unspecified atom stereocenters. The van der Waals surface area contributed by atoms with E-state index in [0.717, 1.165) is 57.7 Å². The lowest BCUT2D eigenvalue weighted by Gasteiger charge is -2.43. The van der Waals surface area contributed by atoms with E-state index in [1.165, 1.54) is 5.69 Å². The summed E-state index contributed by atoms with van der Waals surface area (Å²) in [5.41, 5.74) is 7.50. The topological polar surface area (TPSA) is 85.9 Å². The van der Waals surface area contributed by atoms with Gasteiger partial charge < -0.3 is 15.4 Å². The molecule has 7 nitrogen and oxygen atoms in total. The number of piperidine rings is 1. The Morgan fingerprint density at radius 3 is 2.19 bits per heavy atom. The van der Waals surface area contributed by atoms with Gasteiger partial charge in [-0.25, -0.2) is 0 Å². The van der Waals surface area contributed by atoms with E-state index in [9.17, 15) is 4.79 Å². The molecule has 0 amide bonds. The van der Waals surface area contributed by atoms with Gasteiger partial charge in [-0.1, -0.05) is 18.2 Å². The molecular formula is C24H31N5O2. The molecule has 0 aromatic heterocycles. The molecular weight excluding hydrogens is 390 g/mol. The molecule has 0 spiro atoms. The summed E-state index contributed by atoms with van der Waals surface area (Å²) >= 11 is 0. The normalized spacial score (nSPS) is 18.6. The van der Waals surface area contributed by atoms with Crippen LogP contribution in [0.2, 0.25) is 0 Å². The SMILES string of the molecule is N=C(N)c1ccc(N2CCN(C3CCN(CC(=O)Oc4ccccc4)CC3)CC2)cc1. The highest BCUT2D eigenvalue weighted by Crippen LogP contribution is 2.22. The quantitative estimate of drug-likeness (QED) is 0.322. The number of amidine groups is 1. The summed E-state index contributed by atoms with van der Waals surface area (Å²) in [7, 11) is 0. The van der Waals surface area contributed by atoms with Crippen molar-refractivity contribution in [3.63, 3.8) is 0 Å². The number of esters is 1. The van der Waals surface area contributed by atoms with Crippen LogP contribution in [0, 0.1) is 5.41 Å². The molecule has 2 aliphatic rings. The first-order valence-electron chi connectivity index (χ1n) is 11.0. The highest BCUT2D eigenvalue weighted by molar-refractivity contribution is 5.95. The zero-order valence-electron chi connectivity index (χ0n) is 17.9. The number of rotatable bonds is 6. The van der Waals surface area contributed by atoms with Gasteiger partial charge in [0, 0.05) is 56.6 Å². The number of hydrogen-bond donors (Lipinski definition) is 2. The number of nitrogen functional groups attached to an aromatic ring is 1. The highest BCUT2D eigenvalue weighted by atomic mass is 16.5. The predicted molar refractivity (Wildman–Crippen MR) is 123 cm³/mol. The maximum Gasteiger partial charge on any atom is 0.325 e. The average Bonchev–Trinajstić information content (AvgIpc) is 2.80. The Balaban J connectivity index is 1.19. The van der Waals surface area contributed by atoms with Crippen molar-refractivity contribution >= 4 is 17.5 Å². The lowest BCUT2D eigenvalue weighted by molar-refractivity contribution is -0.136. The van der Waals surface area contributed by atoms with E-state index in [-0.39, 0.29) is 11.8 Å². The number of benzene rings is 2. The Morgan fingerprint density at radius 2 is 1.58 bits per heavy atom. The molecule has 2 aromatic carbocycles. The van der Waals surface area contributed by atoms with Crippen molar-refractivity contribution in [1.29, 1.82) is 5.41 Å². The van der Waals surface area contributed by atoms with Crippen LogP contribution in [-0.2, 0) is 4.79 Å². The molecule has 2 aromatic rings. The lowest BCUT2D eigenvalue weighted by atomic mass is 10.0. The molecule has 164 valence electrons. The van der Waals surface area contributed by atoms with Crippen molar-refractivity contribution in [2.24, 2.45) is 5.73 Å². The van der Waals surface area contributed by atoms with E-state index >= 15 is 0 Å². The fraction of sp³-hybridized carbons (Fsp3) is 0.417. The number of nitrogens with zero attached hydrogens (tertiary/aromatic N) is 3. The summed E-state index contributed by atoms with van der Waals surface area (Å²) in [5.74, 6) is 0.529. The number of hydrogen-bond acceptors (Lipinski definition) is 6. The Labute approximate surface area is 183 Å². The van der Waals surface area contributed by atoms with Crippen molar-refractivity contribution in [2.75, 3.05) is 50.7 Å². The fourth-order valence-corrected chi connectivity index (χ4v) is 4.47. The summed E-state index contributed by atoms with van der Waals surface area (Å²) in [4.78, 5) is 19.4. The Hall–Kier alpha value is -2.90. The van der Waals surface area contributed by atoms with Crippen LogP contribution in [-0.4, -0.2) is 73.5 Å². The van der Waals surface area contributed by atoms with Gasteiger partial charge in [-0.2, -0.15) is 0 Å². The van der Waals surface area contributed by atoms with Crippen LogP contribution < -0.4 is 15.4 Å². The van der Waals surface area contributed by atoms with E-state index in [1.807, 2.05) is 42.5 Å². The highest BCUT2D eigenvalue weighted by Gasteiger charge is 2.28. The van der Waals surface area contributed by atoms with Crippen molar-refractivity contribution < 1.29 is 9.53 Å². The summed E-state index contributed by atoms with van der Waals surface area (Å²) in [6.45, 7) is 6.32. The summed E-state index contributed by atoms with van der Waals surface area (Å²) < 4.78 is 5.42. The lowest BCUT2D eigenvalue weighted by Crippen LogP contribution is -2.53. The number of nitrogens with two attached hydrogens (primary N) is 1. The molecule has 0 atom stereocenters. The first-order chi connectivity index (χ1) is 15.1. The molecule has 2 fully saturated rings. The zero-order chi connectivity index (χ0) is 21.6. The minimum absolute atomic E-state index is 0.107. The van der Waals surface area contributed by atoms with E-state index in [2.05, 4.69) is 26.8 Å². The Bertz CT molecular complexity index is 871. The Morgan fingerprint density at radius 1 is 0.935 bits per heavy atom. The van der Waals surface area contributed by atoms with Gasteiger partial charge in [0.1, 0.15) is 11.6 Å². The summed E-state index contributed by atoms with van der Waals surface area (Å²) in [6.07, 6.45) is 2.18. The zero-order valence-corrected chi connectivity index (χ0v) is 17.9. The second-order valence-corrected chi connectivity index (χ2v) is 8.28. The van der Waals surface area contributed by atoms with Crippen LogP contribution in [0.4, 0.5) is 5.69 Å². The molecule has 2 aliphatic heterocycles. The number of nitrogens with one attached hydrogen (secondary N) is 1. The summed E-state index contributed by atoms with van der Waals surface area (Å²) in [6, 6.07) is 17.8. The van der Waals surface area contributed by atoms with E-state index in [1.54, 1.807) is 0 Å². The van der Waals surface area contributed by atoms with Crippen molar-refractivity contribution in [3.8, 4) is 5.75 Å². The van der Waals surface area contributed by atoms with Crippen LogP contribution in [0.3, 0.4) is 0 Å². The van der Waals surface area contributed by atoms with Gasteiger partial charge in [0.15, 0.2) is 0 Å². The molecule has 2 heterocycles. The van der Waals surface area contributed by atoms with Crippen LogP contribution in [0.15, 0.2) is 54.6 Å². The van der Waals surface area contributed by atoms with E-state index in [4.69, 9.17) is 15.9 Å². The largest absolute Gasteiger partial charge is 0.426 e. The first kappa shape index (κ1) is 21.3. The third-order valence-electron chi connectivity index (χ3n) is 6.26. The van der Waals surface area contributed by atoms with E-state index in [0.29, 0.717) is 18.3 Å². The molecule has 0 saturated carbocycles. The monoisotopic (exact) mass is 421 g/mol. The van der Waals surface area contributed by atoms with Crippen LogP contribution in [0.1, 0.15) is 18.4 Å². The maximum atomic E-state index is 12.2. The van der Waals surface area contributed by atoms with Crippen molar-refractivity contribution in [1.82, 2.24) is 9.80 Å². The van der Waals surface area contributed by atoms with Gasteiger partial charge in [0.2, 0.25) is 0 Å². The molecule has 4 rings (SSSR count). The van der Waals surface area contributed by atoms with E-state index < -0.39 is 0 Å². The van der Waals surface area contributed by atoms with Crippen molar-refractivity contribution in [2.45, 2.75) is 18.9 Å². The number of likely N-dealkylation sites (tertiary alicyclic amines) is 1. The number of piperazine rings is 1. The Kier molecular flexibility index (Phi) is 6.84. The second kappa shape index (κ2) is 9.94. The molecule has 0 aliphatic carbocycles. The fourth-order valence-electron chi connectivity index (χ4n) is 4.47. The van der Waals surface area contributed by atoms with Gasteiger partial charge in [-0.3, -0.25) is 20.0 Å². The molecule has 7 heteroatoms. The van der Waals surface area contributed by atoms with Gasteiger partial charge in [0.25, 0.3) is 0 Å². The molecule has 3 N–H and O–H groups in total. The van der Waals surface area contributed by atoms with Gasteiger partial charge in [0.05, 0.1) is 6.54 Å². The molecule has 2 saturated heterocycles. The predicted octanol–water partition coefficient (Wildman–Crippen LogP) is 2.16. The average molecular weight is 422 g/mol. The van der Waals surface area contributed by atoms with Gasteiger partial charge >= 0.3 is 5.97 Å². The van der Waals surface area contributed by atoms with Crippen LogP contribution in [0.5, 0.6) is 5.75 Å². The summed E-state index contributed by atoms with van der Waals surface area (Å²) in [5, 5.41) is 7.52. The molecule has 31 heavy (non-hydrogen) atoms. The third-order valence-corrected chi connectivity index (χ3v) is 6.26. The van der Waals surface area contributed by atoms with Gasteiger partial charge in [-0.05, 0) is 49.2 Å². The molecule has 0 bridgehead atoms. The molecule has 0 radical (unpaired) electrons. The third kappa shape index (κ3) is 5.62. The number of carbonyl (C=O) groups is 1. The maximum absolute atomic E-state index is 12.2. The first-order valence-corrected chi connectivity index (χ1v) is 11.0. The number of anilines is 1. The standard InChI is InChI=1S/C24H31N5O2/c25-24(26)19-6-8-20(9-7-19)28-14-16-29(17-15-28)21-10-12-27(13-11-21)18-23(30)31-22-4-2-1-3-5-22/h1-9,21H,10-18H2,(H3,25,26). The smallest absolute Gasteiger partial charge is 0.325 e. The minimum Gasteiger partial charge on any atom is -0.426 e. The second-order valence-electron chi connectivity index (χ2n) is 8.28. The number of carbonyl (C=O) groups excluding carboxylic acids is 1. The van der Waals surface area contributed by atoms with Crippen LogP contribution >= 0.6 is 0 Å². The van der Waals surface area contributed by atoms with Gasteiger partial charge in [-0.15, -0.1) is 0 Å². The van der Waals surface area contributed by atoms with Crippen molar-refractivity contribution in [3.05, 3.63) is 60.2 Å².